The first-order valence-corrected chi connectivity index (χ1v) is 5.55. The molecular weight excluding hydrogens is 245 g/mol. The lowest BCUT2D eigenvalue weighted by Crippen LogP contribution is -2.41. The minimum atomic E-state index is -0.784. The fraction of sp³-hybridized carbons (Fsp3) is 0.417. The van der Waals surface area contributed by atoms with E-state index in [1.54, 1.807) is 0 Å². The number of hydrogen-bond acceptors (Lipinski definition) is 2. The van der Waals surface area contributed by atoms with Gasteiger partial charge in [0.1, 0.15) is 0 Å². The van der Waals surface area contributed by atoms with Gasteiger partial charge in [0.25, 0.3) is 0 Å². The summed E-state index contributed by atoms with van der Waals surface area (Å²) in [4.78, 5) is 11.6. The van der Waals surface area contributed by atoms with Crippen molar-refractivity contribution in [2.45, 2.75) is 32.7 Å². The molecule has 0 spiro atoms. The van der Waals surface area contributed by atoms with Crippen molar-refractivity contribution >= 4 is 17.5 Å². The summed E-state index contributed by atoms with van der Waals surface area (Å²) in [6, 6.07) is 2.37. The second-order valence-electron chi connectivity index (χ2n) is 4.83. The molecule has 0 atom stereocenters. The maximum absolute atomic E-state index is 13.1. The summed E-state index contributed by atoms with van der Waals surface area (Å²) in [7, 11) is 0. The molecule has 0 saturated carbocycles. The van der Waals surface area contributed by atoms with Crippen LogP contribution < -0.4 is 5.32 Å². The second-order valence-corrected chi connectivity index (χ2v) is 5.24. The smallest absolute Gasteiger partial charge is 0.225 e. The van der Waals surface area contributed by atoms with Crippen LogP contribution in [0, 0.1) is 5.82 Å². The van der Waals surface area contributed by atoms with Crippen molar-refractivity contribution in [3.8, 4) is 5.75 Å². The predicted molar refractivity (Wildman–Crippen MR) is 64.7 cm³/mol. The van der Waals surface area contributed by atoms with Gasteiger partial charge in [-0.1, -0.05) is 11.6 Å². The van der Waals surface area contributed by atoms with E-state index in [-0.39, 0.29) is 28.5 Å². The molecule has 1 aromatic carbocycles. The van der Waals surface area contributed by atoms with Crippen molar-refractivity contribution in [2.24, 2.45) is 0 Å². The normalized spacial score (nSPS) is 11.4. The Morgan fingerprint density at radius 1 is 1.47 bits per heavy atom. The number of aromatic hydroxyl groups is 1. The zero-order chi connectivity index (χ0) is 13.2. The van der Waals surface area contributed by atoms with E-state index >= 15 is 0 Å². The van der Waals surface area contributed by atoms with E-state index in [2.05, 4.69) is 5.32 Å². The van der Waals surface area contributed by atoms with E-state index in [9.17, 15) is 14.3 Å². The van der Waals surface area contributed by atoms with Gasteiger partial charge < -0.3 is 10.4 Å². The van der Waals surface area contributed by atoms with Crippen LogP contribution in [0.25, 0.3) is 0 Å². The molecule has 17 heavy (non-hydrogen) atoms. The molecule has 0 aliphatic rings. The molecular formula is C12H15ClFNO2. The van der Waals surface area contributed by atoms with E-state index in [0.29, 0.717) is 0 Å². The Labute approximate surface area is 105 Å². The van der Waals surface area contributed by atoms with Crippen LogP contribution >= 0.6 is 11.6 Å². The van der Waals surface area contributed by atoms with Crippen LogP contribution in [-0.4, -0.2) is 16.6 Å². The lowest BCUT2D eigenvalue weighted by atomic mass is 10.1. The summed E-state index contributed by atoms with van der Waals surface area (Å²) in [5, 5.41) is 12.4. The van der Waals surface area contributed by atoms with Crippen LogP contribution in [0.5, 0.6) is 5.75 Å². The Hall–Kier alpha value is -1.29. The first kappa shape index (κ1) is 13.8. The minimum Gasteiger partial charge on any atom is -0.505 e. The highest BCUT2D eigenvalue weighted by Crippen LogP contribution is 2.28. The molecule has 5 heteroatoms. The standard InChI is InChI=1S/C12H15ClFNO2/c1-12(2,3)15-10(16)6-7-8(13)4-5-9(14)11(7)17/h4-5,17H,6H2,1-3H3,(H,15,16). The topological polar surface area (TPSA) is 49.3 Å². The molecule has 1 rings (SSSR count). The van der Waals surface area contributed by atoms with E-state index in [0.717, 1.165) is 6.07 Å². The summed E-state index contributed by atoms with van der Waals surface area (Å²) in [6.07, 6.45) is -0.153. The molecule has 2 N–H and O–H groups in total. The predicted octanol–water partition coefficient (Wildman–Crippen LogP) is 2.64. The molecule has 0 saturated heterocycles. The van der Waals surface area contributed by atoms with E-state index in [1.807, 2.05) is 20.8 Å². The molecule has 0 fully saturated rings. The SMILES string of the molecule is CC(C)(C)NC(=O)Cc1c(Cl)ccc(F)c1O. The quantitative estimate of drug-likeness (QED) is 0.858. The summed E-state index contributed by atoms with van der Waals surface area (Å²) < 4.78 is 13.1. The fourth-order valence-electron chi connectivity index (χ4n) is 1.37. The average Bonchev–Trinajstić information content (AvgIpc) is 2.16. The van der Waals surface area contributed by atoms with Gasteiger partial charge in [-0.25, -0.2) is 4.39 Å². The Balaban J connectivity index is 2.89. The van der Waals surface area contributed by atoms with Gasteiger partial charge in [-0.15, -0.1) is 0 Å². The van der Waals surface area contributed by atoms with Crippen molar-refractivity contribution in [3.63, 3.8) is 0 Å². The molecule has 3 nitrogen and oxygen atoms in total. The second kappa shape index (κ2) is 4.92. The van der Waals surface area contributed by atoms with Gasteiger partial charge in [-0.2, -0.15) is 0 Å². The van der Waals surface area contributed by atoms with Gasteiger partial charge in [0.2, 0.25) is 5.91 Å². The number of rotatable bonds is 2. The van der Waals surface area contributed by atoms with Gasteiger partial charge in [0, 0.05) is 16.1 Å². The lowest BCUT2D eigenvalue weighted by Gasteiger charge is -2.20. The molecule has 0 bridgehead atoms. The molecule has 0 radical (unpaired) electrons. The van der Waals surface area contributed by atoms with Crippen LogP contribution in [0.15, 0.2) is 12.1 Å². The molecule has 0 aliphatic carbocycles. The Morgan fingerprint density at radius 2 is 2.06 bits per heavy atom. The highest BCUT2D eigenvalue weighted by Gasteiger charge is 2.18. The Bertz CT molecular complexity index is 441. The third kappa shape index (κ3) is 3.89. The largest absolute Gasteiger partial charge is 0.505 e. The van der Waals surface area contributed by atoms with Crippen LogP contribution in [-0.2, 0) is 11.2 Å². The Morgan fingerprint density at radius 3 is 2.59 bits per heavy atom. The van der Waals surface area contributed by atoms with Gasteiger partial charge in [-0.05, 0) is 32.9 Å². The van der Waals surface area contributed by atoms with Crippen LogP contribution in [0.2, 0.25) is 5.02 Å². The highest BCUT2D eigenvalue weighted by molar-refractivity contribution is 6.31. The van der Waals surface area contributed by atoms with Gasteiger partial charge in [-0.3, -0.25) is 4.79 Å². The number of carbonyl (C=O) groups excluding carboxylic acids is 1. The monoisotopic (exact) mass is 259 g/mol. The first-order valence-electron chi connectivity index (χ1n) is 5.17. The van der Waals surface area contributed by atoms with Crippen LogP contribution in [0.1, 0.15) is 26.3 Å². The number of phenols is 1. The average molecular weight is 260 g/mol. The number of nitrogens with one attached hydrogen (secondary N) is 1. The summed E-state index contributed by atoms with van der Waals surface area (Å²) in [5.74, 6) is -1.67. The van der Waals surface area contributed by atoms with Crippen molar-refractivity contribution in [2.75, 3.05) is 0 Å². The van der Waals surface area contributed by atoms with Crippen LogP contribution in [0.4, 0.5) is 4.39 Å². The van der Waals surface area contributed by atoms with E-state index in [4.69, 9.17) is 11.6 Å². The molecule has 1 amide bonds. The van der Waals surface area contributed by atoms with Crippen LogP contribution in [0.3, 0.4) is 0 Å². The number of halogens is 2. The minimum absolute atomic E-state index is 0.105. The maximum Gasteiger partial charge on any atom is 0.225 e. The third-order valence-electron chi connectivity index (χ3n) is 2.03. The zero-order valence-corrected chi connectivity index (χ0v) is 10.7. The van der Waals surface area contributed by atoms with Crippen molar-refractivity contribution < 1.29 is 14.3 Å². The van der Waals surface area contributed by atoms with Crippen molar-refractivity contribution in [1.29, 1.82) is 0 Å². The molecule has 0 aliphatic heterocycles. The third-order valence-corrected chi connectivity index (χ3v) is 2.38. The summed E-state index contributed by atoms with van der Waals surface area (Å²) >= 11 is 5.81. The highest BCUT2D eigenvalue weighted by atomic mass is 35.5. The first-order chi connectivity index (χ1) is 7.70. The van der Waals surface area contributed by atoms with Gasteiger partial charge in [0.15, 0.2) is 11.6 Å². The number of carbonyl (C=O) groups is 1. The number of benzene rings is 1. The number of hydrogen-bond donors (Lipinski definition) is 2. The van der Waals surface area contributed by atoms with E-state index < -0.39 is 11.6 Å². The number of amides is 1. The van der Waals surface area contributed by atoms with Crippen molar-refractivity contribution in [3.05, 3.63) is 28.5 Å². The van der Waals surface area contributed by atoms with Crippen molar-refractivity contribution in [1.82, 2.24) is 5.32 Å². The zero-order valence-electron chi connectivity index (χ0n) is 9.97. The molecule has 0 heterocycles. The van der Waals surface area contributed by atoms with E-state index in [1.165, 1.54) is 6.07 Å². The molecule has 0 aromatic heterocycles. The Kier molecular flexibility index (Phi) is 3.98. The fourth-order valence-corrected chi connectivity index (χ4v) is 1.59. The maximum atomic E-state index is 13.1. The molecule has 1 aromatic rings. The molecule has 94 valence electrons. The summed E-state index contributed by atoms with van der Waals surface area (Å²) in [5.41, 5.74) is -0.277. The number of phenolic OH excluding ortho intramolecular Hbond substituents is 1. The van der Waals surface area contributed by atoms with Gasteiger partial charge in [0.05, 0.1) is 6.42 Å². The summed E-state index contributed by atoms with van der Waals surface area (Å²) in [6.45, 7) is 5.49. The molecule has 0 unspecified atom stereocenters. The van der Waals surface area contributed by atoms with Gasteiger partial charge >= 0.3 is 0 Å². The lowest BCUT2D eigenvalue weighted by molar-refractivity contribution is -0.121.